The van der Waals surface area contributed by atoms with Crippen molar-refractivity contribution in [3.63, 3.8) is 0 Å². The van der Waals surface area contributed by atoms with E-state index in [9.17, 15) is 9.59 Å². The van der Waals surface area contributed by atoms with E-state index in [4.69, 9.17) is 9.26 Å². The monoisotopic (exact) mass is 214 g/mol. The van der Waals surface area contributed by atoms with Gasteiger partial charge in [-0.3, -0.25) is 4.79 Å². The Bertz CT molecular complexity index is 405. The van der Waals surface area contributed by atoms with E-state index in [0.717, 1.165) is 0 Å². The molecule has 1 amide bonds. The summed E-state index contributed by atoms with van der Waals surface area (Å²) < 4.78 is 10.8. The molecule has 0 aliphatic heterocycles. The molecule has 0 spiro atoms. The van der Waals surface area contributed by atoms with Gasteiger partial charge < -0.3 is 14.6 Å². The largest absolute Gasteiger partial charge is 0.383 e. The molecular weight excluding hydrogens is 200 g/mol. The summed E-state index contributed by atoms with van der Waals surface area (Å²) in [6.45, 7) is 2.42. The van der Waals surface area contributed by atoms with E-state index >= 15 is 0 Å². The molecule has 0 aliphatic carbocycles. The fourth-order valence-corrected chi connectivity index (χ4v) is 1.16. The summed E-state index contributed by atoms with van der Waals surface area (Å²) in [6, 6.07) is 0. The summed E-state index contributed by atoms with van der Waals surface area (Å²) in [7, 11) is 3.11. The molecule has 0 bridgehead atoms. The van der Waals surface area contributed by atoms with E-state index in [1.807, 2.05) is 0 Å². The first-order valence-corrected chi connectivity index (χ1v) is 4.52. The molecular formula is C9H14N2O4. The van der Waals surface area contributed by atoms with Crippen LogP contribution in [0.2, 0.25) is 0 Å². The number of nitrogens with one attached hydrogen (secondary N) is 1. The summed E-state index contributed by atoms with van der Waals surface area (Å²) in [6.07, 6.45) is 0. The fourth-order valence-electron chi connectivity index (χ4n) is 1.16. The molecule has 84 valence electrons. The van der Waals surface area contributed by atoms with Crippen LogP contribution in [-0.2, 0) is 11.8 Å². The maximum absolute atomic E-state index is 11.5. The normalized spacial score (nSPS) is 10.3. The highest BCUT2D eigenvalue weighted by Crippen LogP contribution is 2.01. The molecule has 0 saturated carbocycles. The van der Waals surface area contributed by atoms with Crippen LogP contribution >= 0.6 is 0 Å². The number of aryl methyl sites for hydroxylation is 1. The number of ether oxygens (including phenoxy) is 1. The van der Waals surface area contributed by atoms with Crippen molar-refractivity contribution in [1.82, 2.24) is 10.1 Å². The van der Waals surface area contributed by atoms with E-state index in [2.05, 4.69) is 5.32 Å². The van der Waals surface area contributed by atoms with Crippen LogP contribution in [0.25, 0.3) is 0 Å². The van der Waals surface area contributed by atoms with Crippen LogP contribution in [-0.4, -0.2) is 30.9 Å². The topological polar surface area (TPSA) is 73.5 Å². The highest BCUT2D eigenvalue weighted by molar-refractivity contribution is 5.94. The first kappa shape index (κ1) is 11.5. The van der Waals surface area contributed by atoms with E-state index in [0.29, 0.717) is 18.8 Å². The number of carbonyl (C=O) groups excluding carboxylic acids is 1. The molecule has 1 aromatic rings. The van der Waals surface area contributed by atoms with Gasteiger partial charge in [0, 0.05) is 20.7 Å². The number of nitrogens with zero attached hydrogens (tertiary/aromatic N) is 1. The molecule has 1 rings (SSSR count). The maximum Gasteiger partial charge on any atom is 0.370 e. The average molecular weight is 214 g/mol. The third-order valence-corrected chi connectivity index (χ3v) is 2.08. The highest BCUT2D eigenvalue weighted by atomic mass is 16.5. The maximum atomic E-state index is 11.5. The summed E-state index contributed by atoms with van der Waals surface area (Å²) >= 11 is 0. The lowest BCUT2D eigenvalue weighted by Crippen LogP contribution is -2.30. The molecule has 1 heterocycles. The van der Waals surface area contributed by atoms with E-state index in [1.54, 1.807) is 14.0 Å². The lowest BCUT2D eigenvalue weighted by atomic mass is 10.2. The van der Waals surface area contributed by atoms with Crippen molar-refractivity contribution >= 4 is 5.91 Å². The summed E-state index contributed by atoms with van der Waals surface area (Å²) in [5.74, 6) is -0.432. The third-order valence-electron chi connectivity index (χ3n) is 2.08. The van der Waals surface area contributed by atoms with Crippen LogP contribution in [0, 0.1) is 6.92 Å². The Morgan fingerprint density at radius 2 is 2.27 bits per heavy atom. The number of methoxy groups -OCH3 is 1. The third kappa shape index (κ3) is 2.47. The molecule has 0 atom stereocenters. The van der Waals surface area contributed by atoms with E-state index < -0.39 is 11.5 Å². The van der Waals surface area contributed by atoms with Crippen LogP contribution in [0.5, 0.6) is 0 Å². The Morgan fingerprint density at radius 3 is 2.73 bits per heavy atom. The van der Waals surface area contributed by atoms with E-state index in [-0.39, 0.29) is 5.56 Å². The van der Waals surface area contributed by atoms with Crippen LogP contribution in [0.4, 0.5) is 0 Å². The van der Waals surface area contributed by atoms with Gasteiger partial charge in [0.05, 0.1) is 12.3 Å². The second kappa shape index (κ2) is 4.79. The van der Waals surface area contributed by atoms with Gasteiger partial charge in [-0.2, -0.15) is 0 Å². The number of carbonyl (C=O) groups is 1. The zero-order valence-electron chi connectivity index (χ0n) is 8.99. The summed E-state index contributed by atoms with van der Waals surface area (Å²) in [4.78, 5) is 22.8. The van der Waals surface area contributed by atoms with E-state index in [1.165, 1.54) is 11.8 Å². The van der Waals surface area contributed by atoms with Gasteiger partial charge in [-0.15, -0.1) is 0 Å². The summed E-state index contributed by atoms with van der Waals surface area (Å²) in [5, 5.41) is 2.56. The minimum absolute atomic E-state index is 0.0496. The Labute approximate surface area is 86.8 Å². The number of aromatic nitrogens is 1. The predicted octanol–water partition coefficient (Wildman–Crippen LogP) is -0.337. The minimum Gasteiger partial charge on any atom is -0.383 e. The molecule has 6 nitrogen and oxygen atoms in total. The van der Waals surface area contributed by atoms with Crippen molar-refractivity contribution in [2.24, 2.45) is 7.05 Å². The highest BCUT2D eigenvalue weighted by Gasteiger charge is 2.18. The van der Waals surface area contributed by atoms with Crippen molar-refractivity contribution in [3.05, 3.63) is 21.7 Å². The molecule has 0 unspecified atom stereocenters. The Hall–Kier alpha value is -1.56. The average Bonchev–Trinajstić information content (AvgIpc) is 2.41. The molecule has 0 saturated heterocycles. The quantitative estimate of drug-likeness (QED) is 0.696. The van der Waals surface area contributed by atoms with Gasteiger partial charge in [-0.05, 0) is 6.92 Å². The standard InChI is InChI=1S/C9H14N2O4/c1-6-7(9(13)15-11(6)2)8(12)10-4-5-14-3/h4-5H2,1-3H3,(H,10,12). The van der Waals surface area contributed by atoms with Gasteiger partial charge in [0.25, 0.3) is 5.91 Å². The second-order valence-electron chi connectivity index (χ2n) is 3.09. The molecule has 15 heavy (non-hydrogen) atoms. The molecule has 1 N–H and O–H groups in total. The van der Waals surface area contributed by atoms with Crippen LogP contribution in [0.3, 0.4) is 0 Å². The zero-order chi connectivity index (χ0) is 11.4. The fraction of sp³-hybridized carbons (Fsp3) is 0.556. The molecule has 0 fully saturated rings. The first-order valence-electron chi connectivity index (χ1n) is 4.52. The Morgan fingerprint density at radius 1 is 1.60 bits per heavy atom. The molecule has 0 aromatic carbocycles. The van der Waals surface area contributed by atoms with Crippen LogP contribution in [0.1, 0.15) is 16.1 Å². The molecule has 1 aromatic heterocycles. The van der Waals surface area contributed by atoms with Crippen LogP contribution < -0.4 is 10.9 Å². The lowest BCUT2D eigenvalue weighted by Gasteiger charge is -2.01. The van der Waals surface area contributed by atoms with Gasteiger partial charge in [-0.1, -0.05) is 0 Å². The van der Waals surface area contributed by atoms with Crippen LogP contribution in [0.15, 0.2) is 9.32 Å². The summed E-state index contributed by atoms with van der Waals surface area (Å²) in [5.41, 5.74) is -0.0616. The van der Waals surface area contributed by atoms with Crippen molar-refractivity contribution in [2.45, 2.75) is 6.92 Å². The lowest BCUT2D eigenvalue weighted by molar-refractivity contribution is 0.0934. The van der Waals surface area contributed by atoms with Crippen molar-refractivity contribution in [2.75, 3.05) is 20.3 Å². The number of amides is 1. The predicted molar refractivity (Wildman–Crippen MR) is 52.9 cm³/mol. The Balaban J connectivity index is 2.78. The van der Waals surface area contributed by atoms with Gasteiger partial charge in [0.2, 0.25) is 0 Å². The van der Waals surface area contributed by atoms with Crippen molar-refractivity contribution in [3.8, 4) is 0 Å². The van der Waals surface area contributed by atoms with Gasteiger partial charge in [0.15, 0.2) is 0 Å². The van der Waals surface area contributed by atoms with Gasteiger partial charge in [-0.25, -0.2) is 9.53 Å². The first-order chi connectivity index (χ1) is 7.07. The zero-order valence-corrected chi connectivity index (χ0v) is 8.99. The second-order valence-corrected chi connectivity index (χ2v) is 3.09. The SMILES string of the molecule is COCCNC(=O)c1c(C)n(C)oc1=O. The molecule has 6 heteroatoms. The van der Waals surface area contributed by atoms with Gasteiger partial charge in [0.1, 0.15) is 5.56 Å². The Kier molecular flexibility index (Phi) is 3.68. The van der Waals surface area contributed by atoms with Crippen molar-refractivity contribution < 1.29 is 14.1 Å². The van der Waals surface area contributed by atoms with Gasteiger partial charge >= 0.3 is 5.63 Å². The van der Waals surface area contributed by atoms with Crippen molar-refractivity contribution in [1.29, 1.82) is 0 Å². The number of hydrogen-bond donors (Lipinski definition) is 1. The molecule has 0 aliphatic rings. The smallest absolute Gasteiger partial charge is 0.370 e. The number of hydrogen-bond acceptors (Lipinski definition) is 4. The molecule has 0 radical (unpaired) electrons. The minimum atomic E-state index is -0.620. The number of rotatable bonds is 4.